The smallest absolute Gasteiger partial charge is 0.182 e. The number of nitrogens with zero attached hydrogens (tertiary/aromatic N) is 4. The molecule has 5 nitrogen and oxygen atoms in total. The molecular formula is C14H20BrN5. The van der Waals surface area contributed by atoms with Crippen molar-refractivity contribution in [2.45, 2.75) is 33.1 Å². The van der Waals surface area contributed by atoms with Crippen LogP contribution in [0.5, 0.6) is 0 Å². The number of aryl methyl sites for hydroxylation is 1. The number of hydrogen-bond donors (Lipinski definition) is 1. The SMILES string of the molecule is CCNc1nc(-c2ccn(C)n2)nc(C(C)(C)C)c1Br. The van der Waals surface area contributed by atoms with Gasteiger partial charge in [0.2, 0.25) is 0 Å². The van der Waals surface area contributed by atoms with Gasteiger partial charge in [0.1, 0.15) is 11.5 Å². The Balaban J connectivity index is 2.61. The average molecular weight is 338 g/mol. The van der Waals surface area contributed by atoms with Gasteiger partial charge in [-0.05, 0) is 28.9 Å². The molecule has 0 bridgehead atoms. The first-order chi connectivity index (χ1) is 9.32. The van der Waals surface area contributed by atoms with Crippen LogP contribution in [0.15, 0.2) is 16.7 Å². The van der Waals surface area contributed by atoms with E-state index < -0.39 is 0 Å². The Hall–Kier alpha value is -1.43. The first-order valence-corrected chi connectivity index (χ1v) is 7.44. The van der Waals surface area contributed by atoms with Gasteiger partial charge in [-0.15, -0.1) is 0 Å². The molecule has 20 heavy (non-hydrogen) atoms. The number of halogens is 1. The minimum Gasteiger partial charge on any atom is -0.369 e. The van der Waals surface area contributed by atoms with E-state index in [-0.39, 0.29) is 5.41 Å². The minimum absolute atomic E-state index is 0.0739. The van der Waals surface area contributed by atoms with Crippen molar-refractivity contribution in [2.24, 2.45) is 7.05 Å². The Labute approximate surface area is 128 Å². The molecule has 108 valence electrons. The Morgan fingerprint density at radius 2 is 2.00 bits per heavy atom. The van der Waals surface area contributed by atoms with E-state index in [9.17, 15) is 0 Å². The second-order valence-corrected chi connectivity index (χ2v) is 6.51. The second kappa shape index (κ2) is 5.52. The summed E-state index contributed by atoms with van der Waals surface area (Å²) in [6.07, 6.45) is 1.89. The van der Waals surface area contributed by atoms with Crippen molar-refractivity contribution in [3.63, 3.8) is 0 Å². The lowest BCUT2D eigenvalue weighted by molar-refractivity contribution is 0.564. The molecule has 2 rings (SSSR count). The molecule has 0 aromatic carbocycles. The first-order valence-electron chi connectivity index (χ1n) is 6.65. The number of nitrogens with one attached hydrogen (secondary N) is 1. The minimum atomic E-state index is -0.0739. The van der Waals surface area contributed by atoms with Crippen LogP contribution in [0.2, 0.25) is 0 Å². The fourth-order valence-electron chi connectivity index (χ4n) is 1.88. The van der Waals surface area contributed by atoms with E-state index in [0.717, 1.165) is 28.2 Å². The molecule has 0 spiro atoms. The van der Waals surface area contributed by atoms with Crippen LogP contribution >= 0.6 is 15.9 Å². The molecule has 0 aliphatic heterocycles. The van der Waals surface area contributed by atoms with Gasteiger partial charge >= 0.3 is 0 Å². The number of aromatic nitrogens is 4. The molecule has 2 aromatic rings. The van der Waals surface area contributed by atoms with Crippen LogP contribution in [0.1, 0.15) is 33.4 Å². The van der Waals surface area contributed by atoms with Crippen molar-refractivity contribution in [1.29, 1.82) is 0 Å². The highest BCUT2D eigenvalue weighted by Crippen LogP contribution is 2.34. The molecular weight excluding hydrogens is 318 g/mol. The Bertz CT molecular complexity index is 613. The molecule has 0 aliphatic carbocycles. The van der Waals surface area contributed by atoms with Gasteiger partial charge in [-0.25, -0.2) is 9.97 Å². The lowest BCUT2D eigenvalue weighted by atomic mass is 9.92. The van der Waals surface area contributed by atoms with Crippen LogP contribution in [-0.4, -0.2) is 26.3 Å². The lowest BCUT2D eigenvalue weighted by Crippen LogP contribution is -2.17. The van der Waals surface area contributed by atoms with Crippen molar-refractivity contribution in [2.75, 3.05) is 11.9 Å². The predicted octanol–water partition coefficient (Wildman–Crippen LogP) is 3.37. The summed E-state index contributed by atoms with van der Waals surface area (Å²) < 4.78 is 2.68. The first kappa shape index (κ1) is 15.0. The van der Waals surface area contributed by atoms with Gasteiger partial charge in [0.05, 0.1) is 10.2 Å². The van der Waals surface area contributed by atoms with Crippen molar-refractivity contribution in [3.05, 3.63) is 22.4 Å². The number of rotatable bonds is 3. The summed E-state index contributed by atoms with van der Waals surface area (Å²) in [6.45, 7) is 9.26. The topological polar surface area (TPSA) is 55.6 Å². The highest BCUT2D eigenvalue weighted by molar-refractivity contribution is 9.10. The standard InChI is InChI=1S/C14H20BrN5/c1-6-16-13-10(15)11(14(2,3)4)17-12(18-13)9-7-8-20(5)19-9/h7-8H,6H2,1-5H3,(H,16,17,18). The van der Waals surface area contributed by atoms with Gasteiger partial charge in [-0.1, -0.05) is 20.8 Å². The largest absolute Gasteiger partial charge is 0.369 e. The van der Waals surface area contributed by atoms with E-state index in [1.807, 2.05) is 26.2 Å². The van der Waals surface area contributed by atoms with Gasteiger partial charge in [0, 0.05) is 25.2 Å². The fourth-order valence-corrected chi connectivity index (χ4v) is 2.79. The van der Waals surface area contributed by atoms with Crippen molar-refractivity contribution < 1.29 is 0 Å². The van der Waals surface area contributed by atoms with Crippen LogP contribution in [0.25, 0.3) is 11.5 Å². The Morgan fingerprint density at radius 3 is 2.50 bits per heavy atom. The summed E-state index contributed by atoms with van der Waals surface area (Å²) in [6, 6.07) is 1.92. The summed E-state index contributed by atoms with van der Waals surface area (Å²) in [5, 5.41) is 7.66. The number of anilines is 1. The van der Waals surface area contributed by atoms with E-state index in [1.165, 1.54) is 0 Å². The normalized spacial score (nSPS) is 11.7. The lowest BCUT2D eigenvalue weighted by Gasteiger charge is -2.21. The van der Waals surface area contributed by atoms with Crippen LogP contribution in [0, 0.1) is 0 Å². The van der Waals surface area contributed by atoms with E-state index in [0.29, 0.717) is 5.82 Å². The molecule has 6 heteroatoms. The number of hydrogen-bond acceptors (Lipinski definition) is 4. The summed E-state index contributed by atoms with van der Waals surface area (Å²) in [5.74, 6) is 1.46. The summed E-state index contributed by atoms with van der Waals surface area (Å²) in [4.78, 5) is 9.27. The molecule has 0 atom stereocenters. The maximum absolute atomic E-state index is 4.70. The van der Waals surface area contributed by atoms with Crippen molar-refractivity contribution in [3.8, 4) is 11.5 Å². The third kappa shape index (κ3) is 3.00. The van der Waals surface area contributed by atoms with E-state index >= 15 is 0 Å². The third-order valence-corrected chi connectivity index (χ3v) is 3.60. The van der Waals surface area contributed by atoms with E-state index in [2.05, 4.69) is 52.1 Å². The molecule has 0 amide bonds. The monoisotopic (exact) mass is 337 g/mol. The zero-order chi connectivity index (χ0) is 14.9. The molecule has 1 N–H and O–H groups in total. The van der Waals surface area contributed by atoms with Gasteiger partial charge < -0.3 is 5.32 Å². The van der Waals surface area contributed by atoms with Crippen LogP contribution < -0.4 is 5.32 Å². The molecule has 0 radical (unpaired) electrons. The Kier molecular flexibility index (Phi) is 4.13. The van der Waals surface area contributed by atoms with E-state index in [1.54, 1.807) is 4.68 Å². The fraction of sp³-hybridized carbons (Fsp3) is 0.500. The Morgan fingerprint density at radius 1 is 1.30 bits per heavy atom. The molecule has 2 heterocycles. The van der Waals surface area contributed by atoms with Crippen LogP contribution in [0.4, 0.5) is 5.82 Å². The molecule has 0 aliphatic rings. The maximum atomic E-state index is 4.70. The van der Waals surface area contributed by atoms with Gasteiger partial charge in [-0.3, -0.25) is 4.68 Å². The second-order valence-electron chi connectivity index (χ2n) is 5.71. The van der Waals surface area contributed by atoms with Crippen molar-refractivity contribution in [1.82, 2.24) is 19.7 Å². The van der Waals surface area contributed by atoms with Crippen LogP contribution in [0.3, 0.4) is 0 Å². The highest BCUT2D eigenvalue weighted by atomic mass is 79.9. The summed E-state index contributed by atoms with van der Waals surface area (Å²) >= 11 is 3.62. The highest BCUT2D eigenvalue weighted by Gasteiger charge is 2.24. The molecule has 0 fully saturated rings. The van der Waals surface area contributed by atoms with Gasteiger partial charge in [0.15, 0.2) is 5.82 Å². The van der Waals surface area contributed by atoms with Gasteiger partial charge in [0.25, 0.3) is 0 Å². The van der Waals surface area contributed by atoms with E-state index in [4.69, 9.17) is 4.98 Å². The quantitative estimate of drug-likeness (QED) is 0.932. The van der Waals surface area contributed by atoms with Crippen LogP contribution in [-0.2, 0) is 12.5 Å². The predicted molar refractivity (Wildman–Crippen MR) is 84.8 cm³/mol. The molecule has 0 saturated heterocycles. The molecule has 0 saturated carbocycles. The molecule has 2 aromatic heterocycles. The summed E-state index contributed by atoms with van der Waals surface area (Å²) in [5.41, 5.74) is 1.68. The zero-order valence-corrected chi connectivity index (χ0v) is 14.1. The molecule has 0 unspecified atom stereocenters. The van der Waals surface area contributed by atoms with Gasteiger partial charge in [-0.2, -0.15) is 5.10 Å². The maximum Gasteiger partial charge on any atom is 0.182 e. The average Bonchev–Trinajstić information content (AvgIpc) is 2.77. The third-order valence-electron chi connectivity index (χ3n) is 2.85. The zero-order valence-electron chi connectivity index (χ0n) is 12.5. The van der Waals surface area contributed by atoms with Crippen molar-refractivity contribution >= 4 is 21.7 Å². The summed E-state index contributed by atoms with van der Waals surface area (Å²) in [7, 11) is 1.89.